The fourth-order valence-electron chi connectivity index (χ4n) is 4.06. The third-order valence-electron chi connectivity index (χ3n) is 5.67. The van der Waals surface area contributed by atoms with E-state index < -0.39 is 10.0 Å². The van der Waals surface area contributed by atoms with Crippen molar-refractivity contribution in [3.05, 3.63) is 101 Å². The maximum atomic E-state index is 13.1. The number of amides is 1. The standard InChI is InChI=1S/C25H26N2O3S/c1-31(29,30)27-17-16-21-18-22(13-15-24(21)27)25(28)26-23(20-10-6-3-7-11-20)14-12-19-8-4-2-5-9-19/h2-11,13,15,18,23H,12,14,16-17H2,1H3,(H,26,28)/t23-/m0/s1. The van der Waals surface area contributed by atoms with E-state index in [1.165, 1.54) is 16.1 Å². The summed E-state index contributed by atoms with van der Waals surface area (Å²) in [5.74, 6) is -0.150. The number of nitrogens with zero attached hydrogens (tertiary/aromatic N) is 1. The molecule has 0 spiro atoms. The van der Waals surface area contributed by atoms with Crippen LogP contribution < -0.4 is 9.62 Å². The summed E-state index contributed by atoms with van der Waals surface area (Å²) in [7, 11) is -3.31. The molecular formula is C25H26N2O3S. The number of rotatable bonds is 7. The minimum atomic E-state index is -3.31. The number of fused-ring (bicyclic) bond motifs is 1. The molecule has 1 aliphatic rings. The highest BCUT2D eigenvalue weighted by molar-refractivity contribution is 7.92. The lowest BCUT2D eigenvalue weighted by Gasteiger charge is -2.20. The van der Waals surface area contributed by atoms with Crippen LogP contribution in [0.2, 0.25) is 0 Å². The summed E-state index contributed by atoms with van der Waals surface area (Å²) >= 11 is 0. The van der Waals surface area contributed by atoms with Gasteiger partial charge in [-0.2, -0.15) is 0 Å². The third kappa shape index (κ3) is 4.97. The minimum Gasteiger partial charge on any atom is -0.345 e. The molecule has 1 heterocycles. The van der Waals surface area contributed by atoms with E-state index in [-0.39, 0.29) is 11.9 Å². The first-order valence-corrected chi connectivity index (χ1v) is 12.3. The molecule has 0 fully saturated rings. The summed E-state index contributed by atoms with van der Waals surface area (Å²) in [6, 6.07) is 25.4. The molecule has 0 radical (unpaired) electrons. The lowest BCUT2D eigenvalue weighted by Crippen LogP contribution is -2.29. The highest BCUT2D eigenvalue weighted by atomic mass is 32.2. The number of anilines is 1. The van der Waals surface area contributed by atoms with Gasteiger partial charge in [0.25, 0.3) is 5.91 Å². The number of carbonyl (C=O) groups is 1. The van der Waals surface area contributed by atoms with Gasteiger partial charge in [0.1, 0.15) is 0 Å². The molecule has 3 aromatic carbocycles. The monoisotopic (exact) mass is 434 g/mol. The molecule has 3 aromatic rings. The molecule has 1 aliphatic heterocycles. The Morgan fingerprint density at radius 2 is 1.68 bits per heavy atom. The normalized spacial score (nSPS) is 14.2. The predicted molar refractivity (Wildman–Crippen MR) is 124 cm³/mol. The molecule has 1 amide bonds. The van der Waals surface area contributed by atoms with Gasteiger partial charge in [-0.25, -0.2) is 8.42 Å². The van der Waals surface area contributed by atoms with Gasteiger partial charge in [-0.3, -0.25) is 9.10 Å². The molecule has 4 rings (SSSR count). The van der Waals surface area contributed by atoms with Crippen LogP contribution in [0.4, 0.5) is 5.69 Å². The van der Waals surface area contributed by atoms with Crippen LogP contribution in [0.25, 0.3) is 0 Å². The zero-order valence-corrected chi connectivity index (χ0v) is 18.3. The quantitative estimate of drug-likeness (QED) is 0.609. The summed E-state index contributed by atoms with van der Waals surface area (Å²) in [4.78, 5) is 13.1. The van der Waals surface area contributed by atoms with Crippen LogP contribution in [0.1, 0.15) is 39.5 Å². The van der Waals surface area contributed by atoms with Crippen molar-refractivity contribution in [3.63, 3.8) is 0 Å². The number of benzene rings is 3. The van der Waals surface area contributed by atoms with Crippen molar-refractivity contribution >= 4 is 21.6 Å². The van der Waals surface area contributed by atoms with Crippen molar-refractivity contribution < 1.29 is 13.2 Å². The molecule has 6 heteroatoms. The molecule has 0 aliphatic carbocycles. The zero-order valence-electron chi connectivity index (χ0n) is 17.5. The first-order chi connectivity index (χ1) is 14.9. The molecule has 0 unspecified atom stereocenters. The van der Waals surface area contributed by atoms with E-state index in [1.807, 2.05) is 54.6 Å². The molecule has 0 bridgehead atoms. The van der Waals surface area contributed by atoms with Gasteiger partial charge in [0.15, 0.2) is 0 Å². The largest absolute Gasteiger partial charge is 0.345 e. The average Bonchev–Trinajstić information content (AvgIpc) is 3.21. The SMILES string of the molecule is CS(=O)(=O)N1CCc2cc(C(=O)N[C@@H](CCc3ccccc3)c3ccccc3)ccc21. The van der Waals surface area contributed by atoms with Crippen LogP contribution >= 0.6 is 0 Å². The van der Waals surface area contributed by atoms with Crippen molar-refractivity contribution in [2.45, 2.75) is 25.3 Å². The topological polar surface area (TPSA) is 66.5 Å². The van der Waals surface area contributed by atoms with Crippen LogP contribution in [0.15, 0.2) is 78.9 Å². The van der Waals surface area contributed by atoms with Crippen molar-refractivity contribution in [2.24, 2.45) is 0 Å². The maximum Gasteiger partial charge on any atom is 0.251 e. The number of hydrogen-bond acceptors (Lipinski definition) is 3. The van der Waals surface area contributed by atoms with E-state index in [1.54, 1.807) is 12.1 Å². The average molecular weight is 435 g/mol. The van der Waals surface area contributed by atoms with E-state index in [9.17, 15) is 13.2 Å². The Morgan fingerprint density at radius 1 is 1.00 bits per heavy atom. The maximum absolute atomic E-state index is 13.1. The van der Waals surface area contributed by atoms with Gasteiger partial charge in [-0.15, -0.1) is 0 Å². The van der Waals surface area contributed by atoms with Gasteiger partial charge in [0.2, 0.25) is 10.0 Å². The van der Waals surface area contributed by atoms with Crippen LogP contribution in [-0.4, -0.2) is 27.1 Å². The molecular weight excluding hydrogens is 408 g/mol. The molecule has 0 saturated heterocycles. The number of aryl methyl sites for hydroxylation is 1. The second-order valence-electron chi connectivity index (χ2n) is 7.89. The second kappa shape index (κ2) is 8.94. The van der Waals surface area contributed by atoms with E-state index in [4.69, 9.17) is 0 Å². The Labute approximate surface area is 183 Å². The fraction of sp³-hybridized carbons (Fsp3) is 0.240. The minimum absolute atomic E-state index is 0.116. The van der Waals surface area contributed by atoms with E-state index in [0.29, 0.717) is 24.2 Å². The van der Waals surface area contributed by atoms with Crippen LogP contribution in [0.3, 0.4) is 0 Å². The Bertz CT molecular complexity index is 1160. The molecule has 0 saturated carbocycles. The van der Waals surface area contributed by atoms with Gasteiger partial charge in [0, 0.05) is 12.1 Å². The van der Waals surface area contributed by atoms with Gasteiger partial charge >= 0.3 is 0 Å². The lowest BCUT2D eigenvalue weighted by atomic mass is 9.98. The molecule has 31 heavy (non-hydrogen) atoms. The van der Waals surface area contributed by atoms with Crippen LogP contribution in [-0.2, 0) is 22.9 Å². The first-order valence-electron chi connectivity index (χ1n) is 10.4. The molecule has 0 aromatic heterocycles. The molecule has 5 nitrogen and oxygen atoms in total. The predicted octanol–water partition coefficient (Wildman–Crippen LogP) is 4.11. The van der Waals surface area contributed by atoms with E-state index >= 15 is 0 Å². The van der Waals surface area contributed by atoms with Crippen molar-refractivity contribution in [3.8, 4) is 0 Å². The van der Waals surface area contributed by atoms with Crippen molar-refractivity contribution in [1.82, 2.24) is 5.32 Å². The third-order valence-corrected chi connectivity index (χ3v) is 6.85. The smallest absolute Gasteiger partial charge is 0.251 e. The summed E-state index contributed by atoms with van der Waals surface area (Å²) in [5.41, 5.74) is 4.41. The van der Waals surface area contributed by atoms with E-state index in [0.717, 1.165) is 24.0 Å². The Balaban J connectivity index is 1.52. The summed E-state index contributed by atoms with van der Waals surface area (Å²) in [6.07, 6.45) is 3.46. The first kappa shape index (κ1) is 21.1. The second-order valence-corrected chi connectivity index (χ2v) is 9.80. The van der Waals surface area contributed by atoms with Crippen molar-refractivity contribution in [2.75, 3.05) is 17.1 Å². The number of nitrogens with one attached hydrogen (secondary N) is 1. The number of carbonyl (C=O) groups excluding carboxylic acids is 1. The summed E-state index contributed by atoms with van der Waals surface area (Å²) < 4.78 is 25.3. The fourth-order valence-corrected chi connectivity index (χ4v) is 5.02. The van der Waals surface area contributed by atoms with Crippen LogP contribution in [0, 0.1) is 0 Å². The molecule has 1 N–H and O–H groups in total. The van der Waals surface area contributed by atoms with Gasteiger partial charge in [-0.1, -0.05) is 60.7 Å². The van der Waals surface area contributed by atoms with Crippen LogP contribution in [0.5, 0.6) is 0 Å². The number of hydrogen-bond donors (Lipinski definition) is 1. The molecule has 160 valence electrons. The van der Waals surface area contributed by atoms with Gasteiger partial charge < -0.3 is 5.32 Å². The molecule has 1 atom stereocenters. The Morgan fingerprint density at radius 3 is 2.35 bits per heavy atom. The highest BCUT2D eigenvalue weighted by Gasteiger charge is 2.27. The van der Waals surface area contributed by atoms with E-state index in [2.05, 4.69) is 17.4 Å². The number of sulfonamides is 1. The summed E-state index contributed by atoms with van der Waals surface area (Å²) in [6.45, 7) is 0.420. The van der Waals surface area contributed by atoms with Crippen molar-refractivity contribution in [1.29, 1.82) is 0 Å². The highest BCUT2D eigenvalue weighted by Crippen LogP contribution is 2.31. The summed E-state index contributed by atoms with van der Waals surface area (Å²) in [5, 5.41) is 3.18. The zero-order chi connectivity index (χ0) is 21.8. The van der Waals surface area contributed by atoms with Gasteiger partial charge in [-0.05, 0) is 54.2 Å². The lowest BCUT2D eigenvalue weighted by molar-refractivity contribution is 0.0934. The Kier molecular flexibility index (Phi) is 6.09. The van der Waals surface area contributed by atoms with Gasteiger partial charge in [0.05, 0.1) is 18.0 Å². The Hall–Kier alpha value is -3.12.